The molecule has 0 bridgehead atoms. The van der Waals surface area contributed by atoms with Gasteiger partial charge in [0.15, 0.2) is 0 Å². The van der Waals surface area contributed by atoms with E-state index in [1.165, 1.54) is 6.07 Å². The average Bonchev–Trinajstić information content (AvgIpc) is 2.24. The third-order valence-electron chi connectivity index (χ3n) is 2.84. The molecular formula is C12H14N2O5S. The summed E-state index contributed by atoms with van der Waals surface area (Å²) in [6, 6.07) is 3.43. The summed E-state index contributed by atoms with van der Waals surface area (Å²) in [4.78, 5) is 26.3. The van der Waals surface area contributed by atoms with Gasteiger partial charge >= 0.3 is 5.69 Å². The van der Waals surface area contributed by atoms with Gasteiger partial charge in [-0.05, 0) is 39.0 Å². The Hall–Kier alpha value is -1.93. The first-order valence-corrected chi connectivity index (χ1v) is 7.23. The van der Waals surface area contributed by atoms with Crippen LogP contribution in [-0.4, -0.2) is 22.5 Å². The lowest BCUT2D eigenvalue weighted by atomic mass is 10.1. The van der Waals surface area contributed by atoms with Crippen molar-refractivity contribution in [2.45, 2.75) is 31.2 Å². The van der Waals surface area contributed by atoms with Crippen molar-refractivity contribution in [2.75, 3.05) is 0 Å². The Bertz CT molecular complexity index is 900. The summed E-state index contributed by atoms with van der Waals surface area (Å²) in [5.74, 6) is 0. The minimum Gasteiger partial charge on any atom is -0.307 e. The quantitative estimate of drug-likeness (QED) is 0.753. The molecule has 2 N–H and O–H groups in total. The van der Waals surface area contributed by atoms with Gasteiger partial charge in [0.25, 0.3) is 15.7 Å². The number of hydrogen-bond acceptors (Lipinski definition) is 4. The zero-order valence-electron chi connectivity index (χ0n) is 11.2. The van der Waals surface area contributed by atoms with Gasteiger partial charge in [0.1, 0.15) is 0 Å². The summed E-state index contributed by atoms with van der Waals surface area (Å²) in [7, 11) is -4.39. The Labute approximate surface area is 114 Å². The second-order valence-electron chi connectivity index (χ2n) is 5.42. The molecule has 8 heteroatoms. The predicted molar refractivity (Wildman–Crippen MR) is 73.6 cm³/mol. The molecule has 1 heterocycles. The van der Waals surface area contributed by atoms with Gasteiger partial charge in [-0.25, -0.2) is 4.79 Å². The molecule has 0 radical (unpaired) electrons. The first kappa shape index (κ1) is 14.5. The summed E-state index contributed by atoms with van der Waals surface area (Å²) in [6.07, 6.45) is 0. The van der Waals surface area contributed by atoms with E-state index >= 15 is 0 Å². The molecule has 0 aliphatic heterocycles. The van der Waals surface area contributed by atoms with Gasteiger partial charge < -0.3 is 4.98 Å². The van der Waals surface area contributed by atoms with Crippen LogP contribution in [-0.2, 0) is 15.7 Å². The van der Waals surface area contributed by atoms with Crippen LogP contribution >= 0.6 is 0 Å². The summed E-state index contributed by atoms with van der Waals surface area (Å²) in [5.41, 5.74) is -1.79. The van der Waals surface area contributed by atoms with Gasteiger partial charge in [0.2, 0.25) is 0 Å². The maximum Gasteiger partial charge on any atom is 0.329 e. The molecule has 0 aliphatic carbocycles. The van der Waals surface area contributed by atoms with E-state index in [1.54, 1.807) is 20.8 Å². The molecule has 0 amide bonds. The lowest BCUT2D eigenvalue weighted by Gasteiger charge is -2.21. The molecule has 7 nitrogen and oxygen atoms in total. The van der Waals surface area contributed by atoms with Crippen LogP contribution in [0.2, 0.25) is 0 Å². The van der Waals surface area contributed by atoms with Gasteiger partial charge in [-0.2, -0.15) is 8.42 Å². The van der Waals surface area contributed by atoms with Gasteiger partial charge in [0, 0.05) is 5.54 Å². The largest absolute Gasteiger partial charge is 0.329 e. The number of H-pyrrole nitrogens is 1. The van der Waals surface area contributed by atoms with Crippen LogP contribution in [0.3, 0.4) is 0 Å². The SMILES string of the molecule is CC(C)(C)n1c(=O)[nH]c2cc(S(=O)(=O)O)ccc2c1=O. The van der Waals surface area contributed by atoms with Crippen molar-refractivity contribution in [1.29, 1.82) is 0 Å². The van der Waals surface area contributed by atoms with Gasteiger partial charge in [-0.15, -0.1) is 0 Å². The number of benzene rings is 1. The first-order chi connectivity index (χ1) is 9.01. The summed E-state index contributed by atoms with van der Waals surface area (Å²) >= 11 is 0. The Balaban J connectivity index is 2.92. The maximum absolute atomic E-state index is 12.3. The number of aromatic nitrogens is 2. The zero-order chi connectivity index (χ0) is 15.3. The predicted octanol–water partition coefficient (Wildman–Crippen LogP) is 0.692. The average molecular weight is 298 g/mol. The molecule has 0 unspecified atom stereocenters. The molecule has 1 aromatic heterocycles. The highest BCUT2D eigenvalue weighted by Gasteiger charge is 2.20. The number of hydrogen-bond donors (Lipinski definition) is 2. The number of nitrogens with one attached hydrogen (secondary N) is 1. The topological polar surface area (TPSA) is 109 Å². The van der Waals surface area contributed by atoms with Gasteiger partial charge in [-0.3, -0.25) is 13.9 Å². The summed E-state index contributed by atoms with van der Waals surface area (Å²) < 4.78 is 32.1. The van der Waals surface area contributed by atoms with E-state index in [2.05, 4.69) is 4.98 Å². The van der Waals surface area contributed by atoms with Crippen LogP contribution in [0.5, 0.6) is 0 Å². The highest BCUT2D eigenvalue weighted by atomic mass is 32.2. The first-order valence-electron chi connectivity index (χ1n) is 5.79. The maximum atomic E-state index is 12.3. The van der Waals surface area contributed by atoms with E-state index in [1.807, 2.05) is 0 Å². The van der Waals surface area contributed by atoms with E-state index in [0.29, 0.717) is 0 Å². The van der Waals surface area contributed by atoms with Crippen LogP contribution in [0.25, 0.3) is 10.9 Å². The lowest BCUT2D eigenvalue weighted by molar-refractivity contribution is 0.369. The minimum atomic E-state index is -4.39. The molecule has 0 atom stereocenters. The molecule has 2 rings (SSSR count). The molecule has 0 saturated carbocycles. The molecule has 108 valence electrons. The fourth-order valence-corrected chi connectivity index (χ4v) is 2.47. The van der Waals surface area contributed by atoms with Gasteiger partial charge in [0.05, 0.1) is 15.8 Å². The zero-order valence-corrected chi connectivity index (χ0v) is 12.0. The number of rotatable bonds is 1. The van der Waals surface area contributed by atoms with Crippen molar-refractivity contribution < 1.29 is 13.0 Å². The standard InChI is InChI=1S/C12H14N2O5S/c1-12(2,3)14-10(15)8-5-4-7(20(17,18)19)6-9(8)13-11(14)16/h4-6H,1-3H3,(H,13,16)(H,17,18,19). The second kappa shape index (κ2) is 4.29. The van der Waals surface area contributed by atoms with E-state index in [4.69, 9.17) is 4.55 Å². The molecular weight excluding hydrogens is 284 g/mol. The third kappa shape index (κ3) is 2.39. The lowest BCUT2D eigenvalue weighted by Crippen LogP contribution is -2.44. The van der Waals surface area contributed by atoms with E-state index in [-0.39, 0.29) is 15.8 Å². The monoisotopic (exact) mass is 298 g/mol. The molecule has 0 spiro atoms. The molecule has 0 saturated heterocycles. The Morgan fingerprint density at radius 2 is 1.80 bits per heavy atom. The highest BCUT2D eigenvalue weighted by molar-refractivity contribution is 7.85. The Morgan fingerprint density at radius 1 is 1.20 bits per heavy atom. The Kier molecular flexibility index (Phi) is 3.10. The van der Waals surface area contributed by atoms with E-state index in [9.17, 15) is 18.0 Å². The fraction of sp³-hybridized carbons (Fsp3) is 0.333. The smallest absolute Gasteiger partial charge is 0.307 e. The van der Waals surface area contributed by atoms with Crippen LogP contribution in [0, 0.1) is 0 Å². The van der Waals surface area contributed by atoms with E-state index in [0.717, 1.165) is 16.7 Å². The van der Waals surface area contributed by atoms with Crippen molar-refractivity contribution in [3.63, 3.8) is 0 Å². The van der Waals surface area contributed by atoms with Crippen LogP contribution < -0.4 is 11.2 Å². The molecule has 0 fully saturated rings. The van der Waals surface area contributed by atoms with E-state index < -0.39 is 26.9 Å². The number of aromatic amines is 1. The van der Waals surface area contributed by atoms with Crippen molar-refractivity contribution in [1.82, 2.24) is 9.55 Å². The minimum absolute atomic E-state index is 0.0654. The number of nitrogens with zero attached hydrogens (tertiary/aromatic N) is 1. The fourth-order valence-electron chi connectivity index (χ4n) is 1.97. The van der Waals surface area contributed by atoms with Crippen molar-refractivity contribution in [3.8, 4) is 0 Å². The Morgan fingerprint density at radius 3 is 2.30 bits per heavy atom. The second-order valence-corrected chi connectivity index (χ2v) is 6.85. The third-order valence-corrected chi connectivity index (χ3v) is 3.69. The molecule has 1 aromatic carbocycles. The highest BCUT2D eigenvalue weighted by Crippen LogP contribution is 2.15. The summed E-state index contributed by atoms with van der Waals surface area (Å²) in [6.45, 7) is 5.13. The van der Waals surface area contributed by atoms with Crippen LogP contribution in [0.4, 0.5) is 0 Å². The molecule has 2 aromatic rings. The van der Waals surface area contributed by atoms with Crippen molar-refractivity contribution in [2.24, 2.45) is 0 Å². The van der Waals surface area contributed by atoms with Crippen molar-refractivity contribution in [3.05, 3.63) is 39.0 Å². The van der Waals surface area contributed by atoms with Gasteiger partial charge in [-0.1, -0.05) is 0 Å². The van der Waals surface area contributed by atoms with Crippen LogP contribution in [0.1, 0.15) is 20.8 Å². The number of fused-ring (bicyclic) bond motifs is 1. The van der Waals surface area contributed by atoms with Crippen molar-refractivity contribution >= 4 is 21.0 Å². The summed E-state index contributed by atoms with van der Waals surface area (Å²) in [5, 5.41) is 0.173. The normalized spacial score (nSPS) is 12.8. The molecule has 0 aliphatic rings. The van der Waals surface area contributed by atoms with Crippen LogP contribution in [0.15, 0.2) is 32.7 Å². The molecule has 20 heavy (non-hydrogen) atoms.